The third-order valence-corrected chi connectivity index (χ3v) is 4.36. The van der Waals surface area contributed by atoms with Gasteiger partial charge in [0, 0.05) is 5.69 Å². The van der Waals surface area contributed by atoms with E-state index in [0.29, 0.717) is 11.4 Å². The van der Waals surface area contributed by atoms with Crippen LogP contribution in [0.4, 0.5) is 5.69 Å². The number of aliphatic hydroxyl groups is 1. The summed E-state index contributed by atoms with van der Waals surface area (Å²) in [5.74, 6) is -0.183. The summed E-state index contributed by atoms with van der Waals surface area (Å²) < 4.78 is 0. The Bertz CT molecular complexity index is 513. The van der Waals surface area contributed by atoms with Crippen molar-refractivity contribution in [3.63, 3.8) is 0 Å². The van der Waals surface area contributed by atoms with Crippen molar-refractivity contribution in [2.75, 3.05) is 5.32 Å². The van der Waals surface area contributed by atoms with Crippen LogP contribution in [0, 0.1) is 6.92 Å². The van der Waals surface area contributed by atoms with Crippen LogP contribution in [0.3, 0.4) is 0 Å². The molecule has 0 radical (unpaired) electrons. The van der Waals surface area contributed by atoms with E-state index >= 15 is 0 Å². The van der Waals surface area contributed by atoms with Crippen LogP contribution in [0.5, 0.6) is 0 Å². The van der Waals surface area contributed by atoms with Crippen LogP contribution in [-0.4, -0.2) is 11.0 Å². The molecule has 1 heterocycles. The highest BCUT2D eigenvalue weighted by atomic mass is 35.5. The van der Waals surface area contributed by atoms with Gasteiger partial charge < -0.3 is 10.4 Å². The fourth-order valence-corrected chi connectivity index (χ4v) is 2.80. The second-order valence-corrected chi connectivity index (χ2v) is 5.62. The van der Waals surface area contributed by atoms with Crippen molar-refractivity contribution >= 4 is 23.2 Å². The molecular formula is C15H20ClNO2. The molecule has 0 spiro atoms. The average molecular weight is 282 g/mol. The zero-order chi connectivity index (χ0) is 14.2. The number of halogens is 1. The van der Waals surface area contributed by atoms with Gasteiger partial charge in [-0.05, 0) is 43.0 Å². The minimum atomic E-state index is -0.556. The SMILES string of the molecule is CCCCC(O)c1cc2c(c(C)c1Cl)NC(=O)C2C. The number of anilines is 1. The molecule has 4 heteroatoms. The lowest BCUT2D eigenvalue weighted by Crippen LogP contribution is -2.08. The number of hydrogen-bond donors (Lipinski definition) is 2. The predicted octanol–water partition coefficient (Wildman–Crippen LogP) is 3.93. The zero-order valence-corrected chi connectivity index (χ0v) is 12.3. The number of amides is 1. The zero-order valence-electron chi connectivity index (χ0n) is 11.6. The largest absolute Gasteiger partial charge is 0.388 e. The number of carbonyl (C=O) groups is 1. The molecule has 19 heavy (non-hydrogen) atoms. The standard InChI is InChI=1S/C15H20ClNO2/c1-4-5-6-12(18)11-7-10-8(2)15(19)17-14(10)9(3)13(11)16/h7-8,12,18H,4-6H2,1-3H3,(H,17,19). The average Bonchev–Trinajstić information content (AvgIpc) is 2.67. The van der Waals surface area contributed by atoms with E-state index in [-0.39, 0.29) is 11.8 Å². The molecule has 0 saturated carbocycles. The Hall–Kier alpha value is -1.06. The predicted molar refractivity (Wildman–Crippen MR) is 77.7 cm³/mol. The van der Waals surface area contributed by atoms with Gasteiger partial charge in [0.2, 0.25) is 5.91 Å². The van der Waals surface area contributed by atoms with Gasteiger partial charge in [-0.1, -0.05) is 31.4 Å². The monoisotopic (exact) mass is 281 g/mol. The van der Waals surface area contributed by atoms with Crippen LogP contribution in [-0.2, 0) is 4.79 Å². The molecule has 2 unspecified atom stereocenters. The molecule has 2 rings (SSSR count). The number of unbranched alkanes of at least 4 members (excludes halogenated alkanes) is 1. The summed E-state index contributed by atoms with van der Waals surface area (Å²) in [4.78, 5) is 11.7. The summed E-state index contributed by atoms with van der Waals surface area (Å²) in [5, 5.41) is 13.7. The molecular weight excluding hydrogens is 262 g/mol. The van der Waals surface area contributed by atoms with Gasteiger partial charge in [-0.15, -0.1) is 0 Å². The van der Waals surface area contributed by atoms with Gasteiger partial charge in [0.05, 0.1) is 17.0 Å². The molecule has 104 valence electrons. The van der Waals surface area contributed by atoms with E-state index in [0.717, 1.165) is 35.2 Å². The Balaban J connectivity index is 2.42. The van der Waals surface area contributed by atoms with E-state index in [1.54, 1.807) is 0 Å². The molecule has 1 aromatic rings. The molecule has 1 aliphatic heterocycles. The summed E-state index contributed by atoms with van der Waals surface area (Å²) in [5.41, 5.74) is 3.35. The first-order valence-corrected chi connectivity index (χ1v) is 7.17. The molecule has 1 amide bonds. The fraction of sp³-hybridized carbons (Fsp3) is 0.533. The summed E-state index contributed by atoms with van der Waals surface area (Å²) in [6, 6.07) is 1.88. The van der Waals surface area contributed by atoms with Crippen molar-refractivity contribution in [2.24, 2.45) is 0 Å². The normalized spacial score (nSPS) is 19.2. The van der Waals surface area contributed by atoms with Crippen LogP contribution in [0.25, 0.3) is 0 Å². The number of rotatable bonds is 4. The minimum absolute atomic E-state index is 0.00522. The summed E-state index contributed by atoms with van der Waals surface area (Å²) in [7, 11) is 0. The lowest BCUT2D eigenvalue weighted by atomic mass is 9.94. The second kappa shape index (κ2) is 5.51. The van der Waals surface area contributed by atoms with Gasteiger partial charge in [-0.3, -0.25) is 4.79 Å². The summed E-state index contributed by atoms with van der Waals surface area (Å²) in [6.07, 6.45) is 2.14. The smallest absolute Gasteiger partial charge is 0.231 e. The maximum absolute atomic E-state index is 11.7. The van der Waals surface area contributed by atoms with E-state index < -0.39 is 6.10 Å². The number of hydrogen-bond acceptors (Lipinski definition) is 2. The van der Waals surface area contributed by atoms with Crippen LogP contribution in [0.2, 0.25) is 5.02 Å². The molecule has 1 aromatic carbocycles. The molecule has 2 N–H and O–H groups in total. The number of nitrogens with one attached hydrogen (secondary N) is 1. The van der Waals surface area contributed by atoms with E-state index in [1.807, 2.05) is 19.9 Å². The van der Waals surface area contributed by atoms with Gasteiger partial charge in [-0.25, -0.2) is 0 Å². The first-order chi connectivity index (χ1) is 8.97. The van der Waals surface area contributed by atoms with E-state index in [2.05, 4.69) is 12.2 Å². The van der Waals surface area contributed by atoms with Gasteiger partial charge >= 0.3 is 0 Å². The Kier molecular flexibility index (Phi) is 4.16. The third kappa shape index (κ3) is 2.49. The molecule has 0 aromatic heterocycles. The Labute approximate surface area is 119 Å². The molecule has 3 nitrogen and oxygen atoms in total. The number of fused-ring (bicyclic) bond motifs is 1. The lowest BCUT2D eigenvalue weighted by molar-refractivity contribution is -0.116. The molecule has 2 atom stereocenters. The maximum Gasteiger partial charge on any atom is 0.231 e. The summed E-state index contributed by atoms with van der Waals surface area (Å²) >= 11 is 6.33. The number of benzene rings is 1. The van der Waals surface area contributed by atoms with Crippen molar-refractivity contribution < 1.29 is 9.90 Å². The minimum Gasteiger partial charge on any atom is -0.388 e. The van der Waals surface area contributed by atoms with Crippen LogP contribution in [0.1, 0.15) is 61.8 Å². The Morgan fingerprint density at radius 3 is 2.84 bits per heavy atom. The van der Waals surface area contributed by atoms with E-state index in [9.17, 15) is 9.90 Å². The third-order valence-electron chi connectivity index (χ3n) is 3.86. The molecule has 0 bridgehead atoms. The van der Waals surface area contributed by atoms with Crippen LogP contribution >= 0.6 is 11.6 Å². The quantitative estimate of drug-likeness (QED) is 0.878. The van der Waals surface area contributed by atoms with Gasteiger partial charge in [-0.2, -0.15) is 0 Å². The molecule has 0 saturated heterocycles. The van der Waals surface area contributed by atoms with Gasteiger partial charge in [0.15, 0.2) is 0 Å². The van der Waals surface area contributed by atoms with Crippen LogP contribution < -0.4 is 5.32 Å². The Morgan fingerprint density at radius 2 is 2.21 bits per heavy atom. The lowest BCUT2D eigenvalue weighted by Gasteiger charge is -2.17. The molecule has 0 aliphatic carbocycles. The van der Waals surface area contributed by atoms with Crippen molar-refractivity contribution in [3.05, 3.63) is 27.8 Å². The fourth-order valence-electron chi connectivity index (χ4n) is 2.52. The van der Waals surface area contributed by atoms with Gasteiger partial charge in [0.25, 0.3) is 0 Å². The van der Waals surface area contributed by atoms with Gasteiger partial charge in [0.1, 0.15) is 0 Å². The topological polar surface area (TPSA) is 49.3 Å². The number of carbonyl (C=O) groups excluding carboxylic acids is 1. The van der Waals surface area contributed by atoms with Crippen molar-refractivity contribution in [1.29, 1.82) is 0 Å². The highest BCUT2D eigenvalue weighted by molar-refractivity contribution is 6.33. The molecule has 1 aliphatic rings. The molecule has 0 fully saturated rings. The van der Waals surface area contributed by atoms with Crippen molar-refractivity contribution in [3.8, 4) is 0 Å². The Morgan fingerprint density at radius 1 is 1.53 bits per heavy atom. The highest BCUT2D eigenvalue weighted by Crippen LogP contribution is 2.42. The van der Waals surface area contributed by atoms with Crippen molar-refractivity contribution in [2.45, 2.75) is 52.1 Å². The highest BCUT2D eigenvalue weighted by Gasteiger charge is 2.30. The second-order valence-electron chi connectivity index (χ2n) is 5.24. The summed E-state index contributed by atoms with van der Waals surface area (Å²) in [6.45, 7) is 5.85. The first-order valence-electron chi connectivity index (χ1n) is 6.79. The number of aliphatic hydroxyl groups excluding tert-OH is 1. The van der Waals surface area contributed by atoms with E-state index in [1.165, 1.54) is 0 Å². The van der Waals surface area contributed by atoms with E-state index in [4.69, 9.17) is 11.6 Å². The van der Waals surface area contributed by atoms with Crippen molar-refractivity contribution in [1.82, 2.24) is 0 Å². The van der Waals surface area contributed by atoms with Crippen LogP contribution in [0.15, 0.2) is 6.07 Å². The first kappa shape index (κ1) is 14.4. The maximum atomic E-state index is 11.7.